The fourth-order valence-corrected chi connectivity index (χ4v) is 12.4. The lowest BCUT2D eigenvalue weighted by Gasteiger charge is -2.23. The van der Waals surface area contributed by atoms with E-state index >= 15 is 0 Å². The van der Waals surface area contributed by atoms with Crippen molar-refractivity contribution in [3.8, 4) is 68.0 Å². The van der Waals surface area contributed by atoms with Crippen LogP contribution in [0.2, 0.25) is 0 Å². The molecule has 2 heterocycles. The summed E-state index contributed by atoms with van der Waals surface area (Å²) >= 11 is 0. The third-order valence-electron chi connectivity index (χ3n) is 15.4. The Bertz CT molecular complexity index is 4200. The number of fused-ring (bicyclic) bond motifs is 14. The maximum atomic E-state index is 14.1. The standard InChI is InChI=1S/C63H41F3N4/c1-61(2)49-17-9-5-13-41(49)43-25-29-55-57(59(43)61)45-15-7-11-19-51(45)69(55)53-27-21-36(34-67)31-47(53)48-33-37(40-24-23-39(63(64,65)66)32-38(40)35-68)22-28-54(48)70-52-20-12-8-16-46(52)58-56(70)30-26-44-42-14-6-10-18-50(42)62(3,4)60(44)58/h5-33H,1-4H3. The van der Waals surface area contributed by atoms with Crippen LogP contribution in [0.15, 0.2) is 176 Å². The van der Waals surface area contributed by atoms with Crippen molar-refractivity contribution in [3.63, 3.8) is 0 Å². The zero-order valence-corrected chi connectivity index (χ0v) is 38.7. The first kappa shape index (κ1) is 41.5. The van der Waals surface area contributed by atoms with E-state index < -0.39 is 11.7 Å². The first-order chi connectivity index (χ1) is 33.8. The van der Waals surface area contributed by atoms with E-state index in [0.717, 1.165) is 78.2 Å². The summed E-state index contributed by atoms with van der Waals surface area (Å²) in [6.07, 6.45) is -4.63. The van der Waals surface area contributed by atoms with Crippen LogP contribution >= 0.6 is 0 Å². The summed E-state index contributed by atoms with van der Waals surface area (Å²) in [5.41, 5.74) is 16.8. The van der Waals surface area contributed by atoms with Gasteiger partial charge in [-0.25, -0.2) is 0 Å². The minimum absolute atomic E-state index is 0.0892. The molecule has 70 heavy (non-hydrogen) atoms. The van der Waals surface area contributed by atoms with Crippen LogP contribution in [-0.2, 0) is 17.0 Å². The van der Waals surface area contributed by atoms with E-state index in [2.05, 4.69) is 164 Å². The number of hydrogen-bond donors (Lipinski definition) is 0. The molecule has 0 saturated heterocycles. The molecule has 7 heteroatoms. The molecule has 13 rings (SSSR count). The van der Waals surface area contributed by atoms with Crippen LogP contribution in [0.5, 0.6) is 0 Å². The summed E-state index contributed by atoms with van der Waals surface area (Å²) in [4.78, 5) is 0. The van der Waals surface area contributed by atoms with Gasteiger partial charge in [-0.2, -0.15) is 23.7 Å². The fraction of sp³-hybridized carbons (Fsp3) is 0.111. The van der Waals surface area contributed by atoms with Gasteiger partial charge in [-0.05, 0) is 122 Å². The molecule has 0 amide bonds. The number of rotatable bonds is 4. The van der Waals surface area contributed by atoms with Crippen LogP contribution in [0.3, 0.4) is 0 Å². The van der Waals surface area contributed by atoms with Crippen molar-refractivity contribution in [2.24, 2.45) is 0 Å². The van der Waals surface area contributed by atoms with Gasteiger partial charge in [0.2, 0.25) is 0 Å². The number of nitriles is 2. The smallest absolute Gasteiger partial charge is 0.309 e. The molecular weight excluding hydrogens is 870 g/mol. The van der Waals surface area contributed by atoms with Crippen LogP contribution in [0.1, 0.15) is 66.6 Å². The minimum Gasteiger partial charge on any atom is -0.309 e. The average molecular weight is 911 g/mol. The second kappa shape index (κ2) is 14.4. The van der Waals surface area contributed by atoms with Gasteiger partial charge in [0.1, 0.15) is 0 Å². The lowest BCUT2D eigenvalue weighted by Crippen LogP contribution is -2.15. The van der Waals surface area contributed by atoms with Crippen molar-refractivity contribution < 1.29 is 13.2 Å². The van der Waals surface area contributed by atoms with Crippen LogP contribution in [0, 0.1) is 22.7 Å². The molecule has 11 aromatic rings. The molecule has 2 aliphatic rings. The van der Waals surface area contributed by atoms with E-state index in [1.807, 2.05) is 42.5 Å². The van der Waals surface area contributed by atoms with Gasteiger partial charge in [0.15, 0.2) is 0 Å². The molecule has 0 saturated carbocycles. The SMILES string of the molecule is CC1(C)c2ccccc2-c2ccc3c(c21)c1ccccc1n3-c1ccc(C#N)cc1-c1cc(-c2ccc(C(F)(F)F)cc2C#N)ccc1-n1c2ccccc2c2c3c(ccc21)-c1ccccc1C3(C)C. The topological polar surface area (TPSA) is 57.4 Å². The van der Waals surface area contributed by atoms with Gasteiger partial charge in [-0.15, -0.1) is 0 Å². The van der Waals surface area contributed by atoms with Crippen molar-refractivity contribution in [3.05, 3.63) is 215 Å². The van der Waals surface area contributed by atoms with Crippen molar-refractivity contribution in [2.45, 2.75) is 44.7 Å². The third-order valence-corrected chi connectivity index (χ3v) is 15.4. The van der Waals surface area contributed by atoms with Gasteiger partial charge in [0.05, 0.1) is 62.3 Å². The average Bonchev–Trinajstić information content (AvgIpc) is 4.04. The molecule has 0 radical (unpaired) electrons. The molecule has 0 aliphatic heterocycles. The number of halogens is 3. The molecule has 2 aromatic heterocycles. The number of hydrogen-bond acceptors (Lipinski definition) is 2. The molecule has 9 aromatic carbocycles. The second-order valence-corrected chi connectivity index (χ2v) is 19.8. The number of para-hydroxylation sites is 2. The van der Waals surface area contributed by atoms with Crippen molar-refractivity contribution in [1.82, 2.24) is 9.13 Å². The Balaban J connectivity index is 1.15. The van der Waals surface area contributed by atoms with E-state index in [-0.39, 0.29) is 16.4 Å². The highest BCUT2D eigenvalue weighted by atomic mass is 19.4. The summed E-state index contributed by atoms with van der Waals surface area (Å²) in [5.74, 6) is 0. The zero-order valence-electron chi connectivity index (χ0n) is 38.7. The fourth-order valence-electron chi connectivity index (χ4n) is 12.4. The van der Waals surface area contributed by atoms with Gasteiger partial charge < -0.3 is 9.13 Å². The lowest BCUT2D eigenvalue weighted by molar-refractivity contribution is -0.137. The van der Waals surface area contributed by atoms with Crippen LogP contribution in [0.4, 0.5) is 13.2 Å². The zero-order chi connectivity index (χ0) is 48.0. The summed E-state index contributed by atoms with van der Waals surface area (Å²) in [7, 11) is 0. The minimum atomic E-state index is -4.63. The van der Waals surface area contributed by atoms with E-state index in [1.165, 1.54) is 50.6 Å². The van der Waals surface area contributed by atoms with Gasteiger partial charge in [-0.1, -0.05) is 137 Å². The normalized spacial score (nSPS) is 14.1. The highest BCUT2D eigenvalue weighted by molar-refractivity contribution is 6.16. The van der Waals surface area contributed by atoms with Gasteiger partial charge in [-0.3, -0.25) is 0 Å². The maximum Gasteiger partial charge on any atom is 0.416 e. The van der Waals surface area contributed by atoms with Crippen LogP contribution in [-0.4, -0.2) is 9.13 Å². The predicted molar refractivity (Wildman–Crippen MR) is 276 cm³/mol. The molecule has 0 N–H and O–H groups in total. The molecule has 334 valence electrons. The van der Waals surface area contributed by atoms with Crippen molar-refractivity contribution >= 4 is 43.6 Å². The Morgan fingerprint density at radius 2 is 0.914 bits per heavy atom. The second-order valence-electron chi connectivity index (χ2n) is 19.8. The molecule has 0 fully saturated rings. The van der Waals surface area contributed by atoms with E-state index in [1.54, 1.807) is 0 Å². The van der Waals surface area contributed by atoms with Crippen molar-refractivity contribution in [1.29, 1.82) is 10.5 Å². The van der Waals surface area contributed by atoms with E-state index in [0.29, 0.717) is 16.7 Å². The Kier molecular flexibility index (Phi) is 8.56. The highest BCUT2D eigenvalue weighted by Crippen LogP contribution is 2.56. The summed E-state index contributed by atoms with van der Waals surface area (Å²) in [6.45, 7) is 9.18. The maximum absolute atomic E-state index is 14.1. The first-order valence-corrected chi connectivity index (χ1v) is 23.5. The molecule has 0 unspecified atom stereocenters. The summed E-state index contributed by atoms with van der Waals surface area (Å²) < 4.78 is 46.9. The van der Waals surface area contributed by atoms with E-state index in [9.17, 15) is 23.7 Å². The molecule has 0 atom stereocenters. The van der Waals surface area contributed by atoms with Gasteiger partial charge in [0.25, 0.3) is 0 Å². The number of aromatic nitrogens is 2. The molecule has 0 spiro atoms. The quantitative estimate of drug-likeness (QED) is 0.177. The predicted octanol–water partition coefficient (Wildman–Crippen LogP) is 16.6. The number of alkyl halides is 3. The highest BCUT2D eigenvalue weighted by Gasteiger charge is 2.40. The van der Waals surface area contributed by atoms with E-state index in [4.69, 9.17) is 0 Å². The summed E-state index contributed by atoms with van der Waals surface area (Å²) in [5, 5.41) is 25.6. The van der Waals surface area contributed by atoms with Gasteiger partial charge in [0, 0.05) is 43.5 Å². The largest absolute Gasteiger partial charge is 0.416 e. The van der Waals surface area contributed by atoms with Gasteiger partial charge >= 0.3 is 6.18 Å². The Morgan fingerprint density at radius 3 is 1.44 bits per heavy atom. The number of benzene rings is 9. The summed E-state index contributed by atoms with van der Waals surface area (Å²) in [6, 6.07) is 62.6. The number of nitrogens with zero attached hydrogens (tertiary/aromatic N) is 4. The Hall–Kier alpha value is -8.65. The molecule has 2 aliphatic carbocycles. The monoisotopic (exact) mass is 910 g/mol. The Labute approximate surface area is 402 Å². The molecule has 4 nitrogen and oxygen atoms in total. The molecule has 0 bridgehead atoms. The lowest BCUT2D eigenvalue weighted by atomic mass is 9.80. The first-order valence-electron chi connectivity index (χ1n) is 23.5. The van der Waals surface area contributed by atoms with Crippen LogP contribution < -0.4 is 0 Å². The Morgan fingerprint density at radius 1 is 0.429 bits per heavy atom. The van der Waals surface area contributed by atoms with Crippen molar-refractivity contribution in [2.75, 3.05) is 0 Å². The van der Waals surface area contributed by atoms with Crippen LogP contribution in [0.25, 0.3) is 99.5 Å². The third kappa shape index (κ3) is 5.58. The molecular formula is C63H41F3N4.